The normalized spacial score (nSPS) is 23.6. The van der Waals surface area contributed by atoms with E-state index in [2.05, 4.69) is 15.9 Å². The van der Waals surface area contributed by atoms with Gasteiger partial charge in [0.15, 0.2) is 5.78 Å². The predicted molar refractivity (Wildman–Crippen MR) is 75.1 cm³/mol. The molecule has 2 unspecified atom stereocenters. The van der Waals surface area contributed by atoms with Gasteiger partial charge in [-0.25, -0.2) is 0 Å². The minimum atomic E-state index is -0.0770. The van der Waals surface area contributed by atoms with E-state index in [4.69, 9.17) is 15.2 Å². The van der Waals surface area contributed by atoms with E-state index in [1.165, 1.54) is 0 Å². The SMILES string of the molecule is CC1Cc2c(c(Br)c3c(c2C(=O)CN)OC(C)C3)O1. The van der Waals surface area contributed by atoms with Crippen molar-refractivity contribution in [3.63, 3.8) is 0 Å². The highest BCUT2D eigenvalue weighted by molar-refractivity contribution is 9.10. The third kappa shape index (κ3) is 1.87. The summed E-state index contributed by atoms with van der Waals surface area (Å²) < 4.78 is 12.6. The molecular weight excluding hydrogens is 310 g/mol. The molecule has 0 amide bonds. The third-order valence-corrected chi connectivity index (χ3v) is 4.47. The van der Waals surface area contributed by atoms with Crippen molar-refractivity contribution < 1.29 is 14.3 Å². The fourth-order valence-corrected chi connectivity index (χ4v) is 3.53. The Hall–Kier alpha value is -1.07. The molecule has 102 valence electrons. The first-order valence-corrected chi connectivity index (χ1v) is 7.26. The number of nitrogens with two attached hydrogens (primary N) is 1. The zero-order valence-electron chi connectivity index (χ0n) is 11.0. The lowest BCUT2D eigenvalue weighted by atomic mass is 9.95. The molecule has 0 saturated heterocycles. The monoisotopic (exact) mass is 325 g/mol. The van der Waals surface area contributed by atoms with Crippen molar-refractivity contribution in [1.82, 2.24) is 0 Å². The summed E-state index contributed by atoms with van der Waals surface area (Å²) >= 11 is 3.60. The molecule has 0 spiro atoms. The molecule has 2 N–H and O–H groups in total. The van der Waals surface area contributed by atoms with E-state index >= 15 is 0 Å². The van der Waals surface area contributed by atoms with Crippen LogP contribution in [0.15, 0.2) is 4.47 Å². The first-order chi connectivity index (χ1) is 9.02. The van der Waals surface area contributed by atoms with E-state index in [1.54, 1.807) is 0 Å². The summed E-state index contributed by atoms with van der Waals surface area (Å²) in [5.41, 5.74) is 8.13. The Morgan fingerprint density at radius 1 is 1.21 bits per heavy atom. The number of halogens is 1. The molecule has 2 aliphatic heterocycles. The van der Waals surface area contributed by atoms with Crippen LogP contribution in [0.2, 0.25) is 0 Å². The summed E-state index contributed by atoms with van der Waals surface area (Å²) in [7, 11) is 0. The number of carbonyl (C=O) groups is 1. The van der Waals surface area contributed by atoms with Gasteiger partial charge in [-0.05, 0) is 29.8 Å². The summed E-state index contributed by atoms with van der Waals surface area (Å²) in [6.07, 6.45) is 1.66. The van der Waals surface area contributed by atoms with Gasteiger partial charge in [0.05, 0.1) is 16.6 Å². The van der Waals surface area contributed by atoms with Crippen LogP contribution in [-0.2, 0) is 12.8 Å². The maximum Gasteiger partial charge on any atom is 0.180 e. The van der Waals surface area contributed by atoms with Crippen molar-refractivity contribution in [1.29, 1.82) is 0 Å². The summed E-state index contributed by atoms with van der Waals surface area (Å²) in [5.74, 6) is 1.42. The van der Waals surface area contributed by atoms with Gasteiger partial charge in [-0.3, -0.25) is 4.79 Å². The molecule has 0 aromatic heterocycles. The van der Waals surface area contributed by atoms with Gasteiger partial charge in [0.1, 0.15) is 23.7 Å². The van der Waals surface area contributed by atoms with Crippen LogP contribution in [0.3, 0.4) is 0 Å². The largest absolute Gasteiger partial charge is 0.489 e. The molecule has 2 atom stereocenters. The van der Waals surface area contributed by atoms with Gasteiger partial charge < -0.3 is 15.2 Å². The zero-order chi connectivity index (χ0) is 13.7. The van der Waals surface area contributed by atoms with Crippen molar-refractivity contribution in [2.24, 2.45) is 5.73 Å². The van der Waals surface area contributed by atoms with E-state index in [-0.39, 0.29) is 24.5 Å². The van der Waals surface area contributed by atoms with Crippen molar-refractivity contribution in [3.8, 4) is 11.5 Å². The first-order valence-electron chi connectivity index (χ1n) is 6.46. The zero-order valence-corrected chi connectivity index (χ0v) is 12.5. The van der Waals surface area contributed by atoms with Crippen LogP contribution in [0.1, 0.15) is 35.3 Å². The molecule has 5 heteroatoms. The number of hydrogen-bond acceptors (Lipinski definition) is 4. The maximum absolute atomic E-state index is 12.2. The summed E-state index contributed by atoms with van der Waals surface area (Å²) in [6.45, 7) is 3.99. The minimum Gasteiger partial charge on any atom is -0.489 e. The third-order valence-electron chi connectivity index (χ3n) is 3.63. The molecule has 0 fully saturated rings. The van der Waals surface area contributed by atoms with Crippen LogP contribution in [0.25, 0.3) is 0 Å². The number of Topliss-reactive ketones (excluding diaryl/α,β-unsaturated/α-hetero) is 1. The molecule has 2 aliphatic rings. The number of hydrogen-bond donors (Lipinski definition) is 1. The van der Waals surface area contributed by atoms with Gasteiger partial charge in [-0.1, -0.05) is 0 Å². The Labute approximate surface area is 120 Å². The number of carbonyl (C=O) groups excluding carboxylic acids is 1. The number of ketones is 1. The number of benzene rings is 1. The van der Waals surface area contributed by atoms with Crippen molar-refractivity contribution in [3.05, 3.63) is 21.2 Å². The second-order valence-corrected chi connectivity index (χ2v) is 5.99. The van der Waals surface area contributed by atoms with E-state index in [9.17, 15) is 4.79 Å². The van der Waals surface area contributed by atoms with Crippen molar-refractivity contribution in [2.75, 3.05) is 6.54 Å². The van der Waals surface area contributed by atoms with E-state index in [0.29, 0.717) is 11.3 Å². The fraction of sp³-hybridized carbons (Fsp3) is 0.500. The lowest BCUT2D eigenvalue weighted by Crippen LogP contribution is -2.17. The maximum atomic E-state index is 12.2. The van der Waals surface area contributed by atoms with Crippen LogP contribution < -0.4 is 15.2 Å². The number of rotatable bonds is 2. The van der Waals surface area contributed by atoms with Gasteiger partial charge in [0.2, 0.25) is 0 Å². The Bertz CT molecular complexity index is 531. The fourth-order valence-electron chi connectivity index (χ4n) is 2.86. The second-order valence-electron chi connectivity index (χ2n) is 5.20. The first kappa shape index (κ1) is 12.9. The molecule has 0 saturated carbocycles. The highest BCUT2D eigenvalue weighted by Crippen LogP contribution is 2.49. The average Bonchev–Trinajstić information content (AvgIpc) is 2.92. The Morgan fingerprint density at radius 3 is 2.42 bits per heavy atom. The Morgan fingerprint density at radius 2 is 1.79 bits per heavy atom. The molecule has 1 aromatic carbocycles. The standard InChI is InChI=1S/C14H16BrNO3/c1-6-3-8-11(10(17)5-16)13-9(4-7(2)18-13)12(15)14(8)19-6/h6-7H,3-5,16H2,1-2H3. The smallest absolute Gasteiger partial charge is 0.180 e. The molecule has 19 heavy (non-hydrogen) atoms. The molecule has 2 heterocycles. The number of fused-ring (bicyclic) bond motifs is 2. The van der Waals surface area contributed by atoms with Gasteiger partial charge in [0.25, 0.3) is 0 Å². The van der Waals surface area contributed by atoms with Crippen LogP contribution in [-0.4, -0.2) is 24.5 Å². The Kier molecular flexibility index (Phi) is 3.06. The van der Waals surface area contributed by atoms with Gasteiger partial charge in [-0.15, -0.1) is 0 Å². The van der Waals surface area contributed by atoms with Gasteiger partial charge in [0, 0.05) is 24.0 Å². The quantitative estimate of drug-likeness (QED) is 0.847. The summed E-state index contributed by atoms with van der Waals surface area (Å²) in [5, 5.41) is 0. The topological polar surface area (TPSA) is 61.6 Å². The van der Waals surface area contributed by atoms with Crippen molar-refractivity contribution >= 4 is 21.7 Å². The molecule has 0 aliphatic carbocycles. The highest BCUT2D eigenvalue weighted by Gasteiger charge is 2.36. The molecule has 0 bridgehead atoms. The molecule has 1 aromatic rings. The summed E-state index contributed by atoms with van der Waals surface area (Å²) in [4.78, 5) is 12.2. The molecule has 0 radical (unpaired) electrons. The van der Waals surface area contributed by atoms with Crippen LogP contribution in [0.4, 0.5) is 0 Å². The summed E-state index contributed by atoms with van der Waals surface area (Å²) in [6, 6.07) is 0. The second kappa shape index (κ2) is 4.49. The van der Waals surface area contributed by atoms with Crippen LogP contribution in [0.5, 0.6) is 11.5 Å². The van der Waals surface area contributed by atoms with E-state index < -0.39 is 0 Å². The van der Waals surface area contributed by atoms with E-state index in [1.807, 2.05) is 13.8 Å². The van der Waals surface area contributed by atoms with Gasteiger partial charge in [-0.2, -0.15) is 0 Å². The molecular formula is C14H16BrNO3. The minimum absolute atomic E-state index is 0.00731. The average molecular weight is 326 g/mol. The Balaban J connectivity index is 2.26. The van der Waals surface area contributed by atoms with Crippen molar-refractivity contribution in [2.45, 2.75) is 38.9 Å². The highest BCUT2D eigenvalue weighted by atomic mass is 79.9. The lowest BCUT2D eigenvalue weighted by molar-refractivity contribution is 0.0996. The van der Waals surface area contributed by atoms with Crippen LogP contribution in [0, 0.1) is 0 Å². The molecule has 3 rings (SSSR count). The predicted octanol–water partition coefficient (Wildman–Crippen LogP) is 2.24. The van der Waals surface area contributed by atoms with Gasteiger partial charge >= 0.3 is 0 Å². The number of ether oxygens (including phenoxy) is 2. The molecule has 4 nitrogen and oxygen atoms in total. The lowest BCUT2D eigenvalue weighted by Gasteiger charge is -2.13. The van der Waals surface area contributed by atoms with Crippen LogP contribution >= 0.6 is 15.9 Å². The van der Waals surface area contributed by atoms with E-state index in [0.717, 1.165) is 34.2 Å².